The van der Waals surface area contributed by atoms with Crippen LogP contribution in [0, 0.1) is 5.92 Å². The fourth-order valence-corrected chi connectivity index (χ4v) is 3.26. The second-order valence-corrected chi connectivity index (χ2v) is 6.37. The van der Waals surface area contributed by atoms with Crippen LogP contribution in [0.2, 0.25) is 5.02 Å². The maximum atomic E-state index is 13.1. The lowest BCUT2D eigenvalue weighted by molar-refractivity contribution is 0.763. The van der Waals surface area contributed by atoms with Gasteiger partial charge in [-0.25, -0.2) is 0 Å². The predicted molar refractivity (Wildman–Crippen MR) is 91.0 cm³/mol. The van der Waals surface area contributed by atoms with Gasteiger partial charge in [-0.2, -0.15) is 0 Å². The Morgan fingerprint density at radius 3 is 2.55 bits per heavy atom. The first-order chi connectivity index (χ1) is 10.7. The normalized spacial score (nSPS) is 14.4. The summed E-state index contributed by atoms with van der Waals surface area (Å²) in [5.74, 6) is 0.714. The van der Waals surface area contributed by atoms with E-state index in [0.717, 1.165) is 23.2 Å². The molecule has 0 aliphatic heterocycles. The third-order valence-electron chi connectivity index (χ3n) is 4.28. The van der Waals surface area contributed by atoms with Crippen molar-refractivity contribution in [2.45, 2.75) is 19.3 Å². The Hall–Kier alpha value is -2.06. The summed E-state index contributed by atoms with van der Waals surface area (Å²) in [5, 5.41) is 2.05. The van der Waals surface area contributed by atoms with Crippen molar-refractivity contribution in [3.8, 4) is 5.69 Å². The Bertz CT molecular complexity index is 894. The summed E-state index contributed by atoms with van der Waals surface area (Å²) in [6.45, 7) is 0. The zero-order valence-electron chi connectivity index (χ0n) is 12.1. The topological polar surface area (TPSA) is 22.0 Å². The number of aromatic nitrogens is 1. The number of pyridine rings is 1. The number of hydrogen-bond acceptors (Lipinski definition) is 1. The summed E-state index contributed by atoms with van der Waals surface area (Å²) in [4.78, 5) is 13.1. The number of para-hydroxylation sites is 1. The highest BCUT2D eigenvalue weighted by Gasteiger charge is 2.24. The molecule has 0 unspecified atom stereocenters. The Morgan fingerprint density at radius 1 is 1.05 bits per heavy atom. The minimum atomic E-state index is -0.0232. The molecule has 1 aliphatic carbocycles. The molecule has 3 aromatic rings. The zero-order valence-corrected chi connectivity index (χ0v) is 12.9. The molecule has 0 saturated heterocycles. The van der Waals surface area contributed by atoms with Gasteiger partial charge in [0, 0.05) is 11.4 Å². The molecule has 1 fully saturated rings. The van der Waals surface area contributed by atoms with E-state index < -0.39 is 0 Å². The first-order valence-corrected chi connectivity index (χ1v) is 8.00. The minimum Gasteiger partial charge on any atom is -0.281 e. The molecule has 4 rings (SSSR count). The Morgan fingerprint density at radius 2 is 1.82 bits per heavy atom. The van der Waals surface area contributed by atoms with Crippen molar-refractivity contribution < 1.29 is 0 Å². The van der Waals surface area contributed by atoms with Crippen LogP contribution in [0.5, 0.6) is 0 Å². The molecule has 0 N–H and O–H groups in total. The van der Waals surface area contributed by atoms with Crippen LogP contribution in [0.3, 0.4) is 0 Å². The third-order valence-corrected chi connectivity index (χ3v) is 4.60. The van der Waals surface area contributed by atoms with Crippen LogP contribution < -0.4 is 5.56 Å². The van der Waals surface area contributed by atoms with E-state index in [2.05, 4.69) is 6.07 Å². The van der Waals surface area contributed by atoms with Crippen molar-refractivity contribution >= 4 is 22.4 Å². The average molecular weight is 310 g/mol. The van der Waals surface area contributed by atoms with Crippen LogP contribution >= 0.6 is 11.6 Å². The number of hydrogen-bond donors (Lipinski definition) is 0. The molecule has 2 aromatic carbocycles. The molecule has 1 saturated carbocycles. The fourth-order valence-electron chi connectivity index (χ4n) is 3.00. The lowest BCUT2D eigenvalue weighted by Crippen LogP contribution is -2.22. The van der Waals surface area contributed by atoms with Crippen LogP contribution in [-0.4, -0.2) is 4.57 Å². The van der Waals surface area contributed by atoms with E-state index in [1.165, 1.54) is 12.8 Å². The Balaban J connectivity index is 2.04. The van der Waals surface area contributed by atoms with Crippen LogP contribution in [0.25, 0.3) is 16.5 Å². The average Bonchev–Trinajstić information content (AvgIpc) is 3.32. The summed E-state index contributed by atoms with van der Waals surface area (Å²) in [6, 6.07) is 17.6. The molecule has 1 heterocycles. The Kier molecular flexibility index (Phi) is 3.27. The van der Waals surface area contributed by atoms with Crippen molar-refractivity contribution in [2.24, 2.45) is 5.92 Å². The number of benzene rings is 2. The molecule has 3 heteroatoms. The van der Waals surface area contributed by atoms with Gasteiger partial charge in [0.25, 0.3) is 5.56 Å². The molecule has 0 atom stereocenters. The highest BCUT2D eigenvalue weighted by molar-refractivity contribution is 6.35. The van der Waals surface area contributed by atoms with Crippen molar-refractivity contribution in [3.05, 3.63) is 75.7 Å². The van der Waals surface area contributed by atoms with Gasteiger partial charge in [0.1, 0.15) is 0 Å². The van der Waals surface area contributed by atoms with E-state index in [9.17, 15) is 4.79 Å². The third kappa shape index (κ3) is 2.34. The maximum absolute atomic E-state index is 13.1. The quantitative estimate of drug-likeness (QED) is 0.693. The van der Waals surface area contributed by atoms with Gasteiger partial charge in [0.15, 0.2) is 0 Å². The number of rotatable bonds is 3. The van der Waals surface area contributed by atoms with Gasteiger partial charge in [-0.3, -0.25) is 9.36 Å². The molecule has 0 amide bonds. The largest absolute Gasteiger partial charge is 0.281 e. The predicted octanol–water partition coefficient (Wildman–Crippen LogP) is 4.60. The minimum absolute atomic E-state index is 0.0232. The lowest BCUT2D eigenvalue weighted by atomic mass is 10.1. The van der Waals surface area contributed by atoms with Gasteiger partial charge in [0.05, 0.1) is 10.4 Å². The zero-order chi connectivity index (χ0) is 15.1. The molecular formula is C19H16ClNO. The summed E-state index contributed by atoms with van der Waals surface area (Å²) < 4.78 is 1.83. The summed E-state index contributed by atoms with van der Waals surface area (Å²) in [6.07, 6.45) is 3.47. The van der Waals surface area contributed by atoms with Crippen molar-refractivity contribution in [1.29, 1.82) is 0 Å². The van der Waals surface area contributed by atoms with Crippen molar-refractivity contribution in [2.75, 3.05) is 0 Å². The van der Waals surface area contributed by atoms with Gasteiger partial charge in [-0.15, -0.1) is 0 Å². The Labute approximate surface area is 134 Å². The lowest BCUT2D eigenvalue weighted by Gasteiger charge is -2.15. The molecule has 1 aliphatic rings. The van der Waals surface area contributed by atoms with E-state index in [0.29, 0.717) is 16.3 Å². The highest BCUT2D eigenvalue weighted by Crippen LogP contribution is 2.33. The standard InChI is InChI=1S/C19H16ClNO/c20-17-8-4-5-14-12-16(11-13-9-10-13)21(19(22)18(14)17)15-6-2-1-3-7-15/h1-8,12-13H,9-11H2. The monoisotopic (exact) mass is 309 g/mol. The van der Waals surface area contributed by atoms with E-state index in [1.807, 2.05) is 47.0 Å². The second-order valence-electron chi connectivity index (χ2n) is 5.96. The molecular weight excluding hydrogens is 294 g/mol. The van der Waals surface area contributed by atoms with Gasteiger partial charge < -0.3 is 0 Å². The summed E-state index contributed by atoms with van der Waals surface area (Å²) in [7, 11) is 0. The van der Waals surface area contributed by atoms with Crippen LogP contribution in [0.1, 0.15) is 18.5 Å². The van der Waals surface area contributed by atoms with Gasteiger partial charge in [-0.05, 0) is 54.8 Å². The van der Waals surface area contributed by atoms with E-state index in [1.54, 1.807) is 6.07 Å². The maximum Gasteiger partial charge on any atom is 0.264 e. The molecule has 0 bridgehead atoms. The fraction of sp³-hybridized carbons (Fsp3) is 0.211. The highest BCUT2D eigenvalue weighted by atomic mass is 35.5. The molecule has 22 heavy (non-hydrogen) atoms. The van der Waals surface area contributed by atoms with E-state index in [-0.39, 0.29) is 5.56 Å². The van der Waals surface area contributed by atoms with E-state index >= 15 is 0 Å². The number of halogens is 1. The second kappa shape index (κ2) is 5.29. The summed E-state index contributed by atoms with van der Waals surface area (Å²) in [5.41, 5.74) is 1.96. The van der Waals surface area contributed by atoms with Crippen LogP contribution in [0.4, 0.5) is 0 Å². The molecule has 2 nitrogen and oxygen atoms in total. The van der Waals surface area contributed by atoms with Gasteiger partial charge in [-0.1, -0.05) is 41.9 Å². The van der Waals surface area contributed by atoms with Crippen molar-refractivity contribution in [1.82, 2.24) is 4.57 Å². The summed E-state index contributed by atoms with van der Waals surface area (Å²) >= 11 is 6.28. The van der Waals surface area contributed by atoms with Gasteiger partial charge in [0.2, 0.25) is 0 Å². The molecule has 1 aromatic heterocycles. The number of fused-ring (bicyclic) bond motifs is 1. The van der Waals surface area contributed by atoms with Crippen LogP contribution in [0.15, 0.2) is 59.4 Å². The molecule has 0 spiro atoms. The van der Waals surface area contributed by atoms with E-state index in [4.69, 9.17) is 11.6 Å². The smallest absolute Gasteiger partial charge is 0.264 e. The van der Waals surface area contributed by atoms with Gasteiger partial charge >= 0.3 is 0 Å². The van der Waals surface area contributed by atoms with Crippen LogP contribution in [-0.2, 0) is 6.42 Å². The molecule has 110 valence electrons. The number of nitrogens with zero attached hydrogens (tertiary/aromatic N) is 1. The first-order valence-electron chi connectivity index (χ1n) is 7.62. The SMILES string of the molecule is O=c1c2c(Cl)cccc2cc(CC2CC2)n1-c1ccccc1. The van der Waals surface area contributed by atoms with Crippen molar-refractivity contribution in [3.63, 3.8) is 0 Å². The molecule has 0 radical (unpaired) electrons. The first kappa shape index (κ1) is 13.6.